The summed E-state index contributed by atoms with van der Waals surface area (Å²) in [5.74, 6) is -5.75. The van der Waals surface area contributed by atoms with Gasteiger partial charge in [0.05, 0.1) is 45.9 Å². The van der Waals surface area contributed by atoms with Crippen LogP contribution in [0.3, 0.4) is 0 Å². The zero-order valence-electron chi connectivity index (χ0n) is 48.1. The molecule has 8 atom stereocenters. The monoisotopic (exact) mass is 1230 g/mol. The van der Waals surface area contributed by atoms with Crippen LogP contribution in [0.5, 0.6) is 0 Å². The van der Waals surface area contributed by atoms with Crippen LogP contribution >= 0.6 is 29.6 Å². The van der Waals surface area contributed by atoms with Gasteiger partial charge in [-0.25, -0.2) is 19.6 Å². The number of fused-ring (bicyclic) bond motifs is 3. The number of hydrogen-bond acceptors (Lipinski definition) is 17. The van der Waals surface area contributed by atoms with E-state index in [0.717, 1.165) is 32.1 Å². The molecule has 0 unspecified atom stereocenters. The first-order valence-electron chi connectivity index (χ1n) is 28.2. The molecule has 19 nitrogen and oxygen atoms in total. The molecule has 3 aliphatic rings. The number of benzene rings is 3. The van der Waals surface area contributed by atoms with Crippen LogP contribution < -0.4 is 15.9 Å². The van der Waals surface area contributed by atoms with E-state index < -0.39 is 60.7 Å². The van der Waals surface area contributed by atoms with Crippen molar-refractivity contribution in [2.24, 2.45) is 23.7 Å². The van der Waals surface area contributed by atoms with Crippen molar-refractivity contribution < 1.29 is 53.2 Å². The van der Waals surface area contributed by atoms with Crippen molar-refractivity contribution in [3.8, 4) is 0 Å². The quantitative estimate of drug-likeness (QED) is 0.0251. The average Bonchev–Trinajstić information content (AvgIpc) is 0.996. The molecule has 2 N–H and O–H groups in total. The first kappa shape index (κ1) is 60.3. The maximum absolute atomic E-state index is 14.8. The molecule has 2 amide bonds. The molecular formula is C66H59N8O11PS2. The third-order valence-electron chi connectivity index (χ3n) is 16.0. The highest BCUT2D eigenvalue weighted by atomic mass is 32.1. The van der Waals surface area contributed by atoms with Crippen molar-refractivity contribution in [2.75, 3.05) is 13.2 Å². The first-order valence-corrected chi connectivity index (χ1v) is 31.6. The van der Waals surface area contributed by atoms with Crippen LogP contribution in [0.25, 0.3) is 15.2 Å². The zero-order valence-corrected chi connectivity index (χ0v) is 50.6. The van der Waals surface area contributed by atoms with Gasteiger partial charge in [0, 0.05) is 72.6 Å². The van der Waals surface area contributed by atoms with Crippen molar-refractivity contribution in [1.29, 1.82) is 0 Å². The van der Waals surface area contributed by atoms with E-state index in [1.54, 1.807) is 78.0 Å². The van der Waals surface area contributed by atoms with Gasteiger partial charge >= 0.3 is 11.9 Å². The normalized spacial score (nSPS) is 18.9. The zero-order chi connectivity index (χ0) is 62.1. The van der Waals surface area contributed by atoms with E-state index in [0.29, 0.717) is 31.2 Å². The number of aliphatic hydroxyl groups is 2. The molecule has 0 aliphatic carbocycles. The lowest BCUT2D eigenvalue weighted by Gasteiger charge is -2.52. The fourth-order valence-electron chi connectivity index (χ4n) is 12.1. The van der Waals surface area contributed by atoms with Gasteiger partial charge in [0.2, 0.25) is 23.4 Å². The minimum Gasteiger partial charge on any atom is -0.457 e. The number of thiazole rings is 2. The summed E-state index contributed by atoms with van der Waals surface area (Å²) in [5, 5.41) is 23.7. The summed E-state index contributed by atoms with van der Waals surface area (Å²) < 4.78 is 14.5. The van der Waals surface area contributed by atoms with Crippen LogP contribution in [0, 0.1) is 23.7 Å². The minimum absolute atomic E-state index is 0.0103. The number of nitrogens with zero attached hydrogens (tertiary/aromatic N) is 8. The summed E-state index contributed by atoms with van der Waals surface area (Å²) in [6.45, 7) is 10.7. The predicted octanol–water partition coefficient (Wildman–Crippen LogP) is 7.22. The number of carbonyl (C=O) groups is 7. The number of β-lactam (4-membered cyclic amide) rings is 2. The van der Waals surface area contributed by atoms with Crippen LogP contribution in [0.1, 0.15) is 74.3 Å². The second-order valence-corrected chi connectivity index (χ2v) is 26.7. The van der Waals surface area contributed by atoms with E-state index in [4.69, 9.17) is 9.47 Å². The number of aliphatic hydroxyl groups excluding tert-OH is 2. The summed E-state index contributed by atoms with van der Waals surface area (Å²) in [6, 6.07) is 34.1. The molecule has 0 spiro atoms. The maximum atomic E-state index is 14.8. The van der Waals surface area contributed by atoms with Crippen LogP contribution in [0.2, 0.25) is 0 Å². The lowest BCUT2D eigenvalue weighted by atomic mass is 9.75. The Morgan fingerprint density at radius 2 is 1.16 bits per heavy atom. The van der Waals surface area contributed by atoms with E-state index in [2.05, 4.69) is 33.1 Å². The second-order valence-electron chi connectivity index (χ2n) is 21.4. The number of likely N-dealkylation sites (tertiary alicyclic amines) is 1. The largest absolute Gasteiger partial charge is 0.457 e. The molecule has 9 aromatic rings. The number of rotatable bonds is 20. The third-order valence-corrected chi connectivity index (χ3v) is 22.6. The molecule has 2 saturated heterocycles. The average molecular weight is 1240 g/mol. The van der Waals surface area contributed by atoms with E-state index in [9.17, 15) is 43.8 Å². The van der Waals surface area contributed by atoms with Crippen molar-refractivity contribution in [3.05, 3.63) is 228 Å². The lowest BCUT2D eigenvalue weighted by Crippen LogP contribution is -2.70. The summed E-state index contributed by atoms with van der Waals surface area (Å²) in [6.07, 6.45) is 13.5. The SMILES string of the molecule is C=CCOC(=O)C(N1C(=O)[C@H]([C@@H](C)O)[C@H]1[C@@H](C)C(=O)c1cn2cnc(C(=O)c3cccnc3)c2s1)=P(c1ccccc1)(c1ccccc1)c1ccccc1.C=CCOC(=O)C1=C(c2cn3cnc(C(=O)c4cccnc4)c3s2)[C@H](C)[C@@H]2[C@@H]([C@@H](C)O)C(=O)N12. The predicted molar refractivity (Wildman–Crippen MR) is 335 cm³/mol. The summed E-state index contributed by atoms with van der Waals surface area (Å²) in [7, 11) is 0. The molecule has 9 heterocycles. The molecule has 22 heteroatoms. The molecule has 2 fully saturated rings. The summed E-state index contributed by atoms with van der Waals surface area (Å²) >= 11 is 2.43. The number of ketones is 3. The number of ether oxygens (including phenoxy) is 2. The third kappa shape index (κ3) is 10.5. The number of Topliss-reactive ketones (excluding diaryl/α,β-unsaturated/α-hetero) is 1. The molecular weight excluding hydrogens is 1180 g/mol. The second kappa shape index (κ2) is 25.2. The van der Waals surface area contributed by atoms with Crippen molar-refractivity contribution in [1.82, 2.24) is 38.5 Å². The molecule has 0 bridgehead atoms. The Morgan fingerprint density at radius 1 is 0.659 bits per heavy atom. The van der Waals surface area contributed by atoms with Crippen molar-refractivity contribution >= 4 is 107 Å². The molecule has 0 saturated carbocycles. The van der Waals surface area contributed by atoms with Gasteiger partial charge in [-0.1, -0.05) is 130 Å². The Balaban J connectivity index is 0.000000202. The number of esters is 2. The van der Waals surface area contributed by atoms with Gasteiger partial charge in [0.15, 0.2) is 5.78 Å². The van der Waals surface area contributed by atoms with Gasteiger partial charge in [0.1, 0.15) is 58.0 Å². The first-order chi connectivity index (χ1) is 42.5. The maximum Gasteiger partial charge on any atom is 0.356 e. The van der Waals surface area contributed by atoms with Gasteiger partial charge in [-0.2, -0.15) is 0 Å². The Hall–Kier alpha value is -9.37. The van der Waals surface area contributed by atoms with E-state index in [1.807, 2.05) is 97.9 Å². The van der Waals surface area contributed by atoms with Gasteiger partial charge in [-0.05, 0) is 54.0 Å². The summed E-state index contributed by atoms with van der Waals surface area (Å²) in [5.41, 5.74) is 2.20. The van der Waals surface area contributed by atoms with Crippen molar-refractivity contribution in [2.45, 2.75) is 52.0 Å². The lowest BCUT2D eigenvalue weighted by molar-refractivity contribution is -0.164. The molecule has 0 radical (unpaired) electrons. The van der Waals surface area contributed by atoms with Gasteiger partial charge in [-0.15, -0.1) is 22.7 Å². The van der Waals surface area contributed by atoms with E-state index in [-0.39, 0.29) is 70.9 Å². The number of pyridine rings is 2. The smallest absolute Gasteiger partial charge is 0.356 e. The minimum atomic E-state index is -3.25. The van der Waals surface area contributed by atoms with Gasteiger partial charge in [0.25, 0.3) is 0 Å². The highest BCUT2D eigenvalue weighted by molar-refractivity contribution is 7.96. The van der Waals surface area contributed by atoms with E-state index in [1.165, 1.54) is 58.9 Å². The molecule has 3 aliphatic heterocycles. The van der Waals surface area contributed by atoms with Crippen LogP contribution in [-0.4, -0.2) is 133 Å². The Bertz CT molecular complexity index is 4190. The number of carbonyl (C=O) groups excluding carboxylic acids is 7. The highest BCUT2D eigenvalue weighted by Gasteiger charge is 2.61. The fraction of sp³-hybridized carbons (Fsp3) is 0.212. The number of amides is 2. The summed E-state index contributed by atoms with van der Waals surface area (Å²) in [4.78, 5) is 118. The number of hydrogen-bond donors (Lipinski definition) is 2. The molecule has 12 rings (SSSR count). The van der Waals surface area contributed by atoms with Crippen LogP contribution in [-0.2, 0) is 28.7 Å². The van der Waals surface area contributed by atoms with Crippen molar-refractivity contribution in [3.63, 3.8) is 0 Å². The molecule has 6 aromatic heterocycles. The number of aromatic nitrogens is 6. The van der Waals surface area contributed by atoms with Gasteiger partial charge in [-0.3, -0.25) is 42.7 Å². The topological polar surface area (TPSA) is 245 Å². The Kier molecular flexibility index (Phi) is 17.2. The van der Waals surface area contributed by atoms with Gasteiger partial charge < -0.3 is 29.5 Å². The fourth-order valence-corrected chi connectivity index (χ4v) is 18.8. The van der Waals surface area contributed by atoms with E-state index >= 15 is 0 Å². The molecule has 3 aromatic carbocycles. The van der Waals surface area contributed by atoms with Crippen LogP contribution in [0.15, 0.2) is 196 Å². The molecule has 88 heavy (non-hydrogen) atoms. The Labute approximate surface area is 513 Å². The van der Waals surface area contributed by atoms with Crippen LogP contribution in [0.4, 0.5) is 0 Å². The molecule has 446 valence electrons. The number of imidazole rings is 2. The Morgan fingerprint density at radius 3 is 1.65 bits per heavy atom. The standard InChI is InChI=1S/C42H37N4O6PS.C24H22N4O5S/c1-4-23-52-42(51)40(53(30-16-8-5-9-17-30,31-18-10-6-11-19-31)32-20-12-7-13-21-32)46-36(34(28(3)47)39(46)50)27(2)37(48)33-25-45-26-44-35(41(45)54-33)38(49)29-15-14-22-43-24-29;1-4-8-33-24(32)20-16(12(2)19-17(13(3)29)22(31)28(19)20)15-10-27-11-26-18(23(27)34-15)21(30)14-6-5-7-25-9-14/h4-22,24-28,34,36,47H,1,23H2,2-3H3;4-7,9-13,17,19,29H,1,8H2,2-3H3/t27-,28-,34-,36-;12-,13+,17+,19+/m10/s1. The highest BCUT2D eigenvalue weighted by Crippen LogP contribution is 2.53.